The predicted molar refractivity (Wildman–Crippen MR) is 220 cm³/mol. The third-order valence-corrected chi connectivity index (χ3v) is 11.0. The summed E-state index contributed by atoms with van der Waals surface area (Å²) in [6.07, 6.45) is 6.20. The first-order valence-electron chi connectivity index (χ1n) is 17.9. The van der Waals surface area contributed by atoms with Crippen LogP contribution in [0.2, 0.25) is 0 Å². The number of carboxylic acids is 2. The third kappa shape index (κ3) is 12.3. The second-order valence-electron chi connectivity index (χ2n) is 12.4. The number of carbonyl (C=O) groups is 2. The summed E-state index contributed by atoms with van der Waals surface area (Å²) in [6.45, 7) is -1.01. The Bertz CT molecular complexity index is 2030. The van der Waals surface area contributed by atoms with E-state index in [2.05, 4.69) is 10.6 Å². The third-order valence-electron chi connectivity index (χ3n) is 8.70. The Hall–Kier alpha value is -6.43. The number of sulfone groups is 1. The first kappa shape index (κ1) is 45.3. The number of aliphatic carboxylic acids is 2. The molecule has 59 heavy (non-hydrogen) atoms. The minimum Gasteiger partial charge on any atom is -0.496 e. The highest BCUT2D eigenvalue weighted by atomic mass is 32.2. The molecule has 0 fully saturated rings. The van der Waals surface area contributed by atoms with Gasteiger partial charge in [0.2, 0.25) is 0 Å². The van der Waals surface area contributed by atoms with Crippen LogP contribution in [0.3, 0.4) is 0 Å². The van der Waals surface area contributed by atoms with Crippen LogP contribution in [-0.2, 0) is 19.4 Å². The zero-order chi connectivity index (χ0) is 43.0. The fourth-order valence-corrected chi connectivity index (χ4v) is 7.85. The summed E-state index contributed by atoms with van der Waals surface area (Å²) in [5.41, 5.74) is 1.49. The molecule has 0 radical (unpaired) electrons. The quantitative estimate of drug-likeness (QED) is 0.0516. The molecule has 16 nitrogen and oxygen atoms in total. The van der Waals surface area contributed by atoms with Crippen LogP contribution in [0.1, 0.15) is 32.8 Å². The predicted octanol–water partition coefficient (Wildman–Crippen LogP) is 5.38. The second-order valence-corrected chi connectivity index (χ2v) is 14.6. The molecule has 0 aliphatic rings. The zero-order valence-electron chi connectivity index (χ0n) is 33.4. The van der Waals surface area contributed by atoms with Gasteiger partial charge in [-0.3, -0.25) is 20.2 Å². The van der Waals surface area contributed by atoms with Gasteiger partial charge in [0, 0.05) is 24.3 Å². The Labute approximate surface area is 342 Å². The highest BCUT2D eigenvalue weighted by Gasteiger charge is 2.34. The van der Waals surface area contributed by atoms with Crippen molar-refractivity contribution in [3.05, 3.63) is 107 Å². The highest BCUT2D eigenvalue weighted by molar-refractivity contribution is 7.92. The van der Waals surface area contributed by atoms with E-state index >= 15 is 8.42 Å². The SMILES string of the molecule is COc1cc(OC)c(/C=C/C(c2cccc(OCNCC(=O)O)c2)S(=O)(=O)C(/C=C/c2c(OC)cc(OC)cc2OC)c2cccc(OCNCC(=O)O)c2)c(OC)c1. The molecular weight excluding hydrogens is 789 g/mol. The van der Waals surface area contributed by atoms with E-state index in [4.69, 9.17) is 48.1 Å². The molecule has 4 rings (SSSR count). The molecule has 4 aromatic rings. The van der Waals surface area contributed by atoms with Crippen LogP contribution in [-0.4, -0.2) is 99.8 Å². The second kappa shape index (κ2) is 21.9. The van der Waals surface area contributed by atoms with Crippen molar-refractivity contribution < 1.29 is 66.1 Å². The maximum Gasteiger partial charge on any atom is 0.317 e. The van der Waals surface area contributed by atoms with E-state index in [1.54, 1.807) is 84.9 Å². The first-order valence-corrected chi connectivity index (χ1v) is 19.5. The number of methoxy groups -OCH3 is 6. The number of carboxylic acid groups (broad SMARTS) is 2. The van der Waals surface area contributed by atoms with Crippen molar-refractivity contribution in [1.29, 1.82) is 0 Å². The van der Waals surface area contributed by atoms with Gasteiger partial charge in [-0.05, 0) is 47.5 Å². The first-order chi connectivity index (χ1) is 28.4. The number of hydrogen-bond acceptors (Lipinski definition) is 14. The summed E-state index contributed by atoms with van der Waals surface area (Å²) >= 11 is 0. The molecule has 0 spiro atoms. The van der Waals surface area contributed by atoms with Gasteiger partial charge in [0.25, 0.3) is 0 Å². The number of hydrogen-bond donors (Lipinski definition) is 4. The normalized spacial score (nSPS) is 12.4. The Morgan fingerprint density at radius 2 is 0.915 bits per heavy atom. The highest BCUT2D eigenvalue weighted by Crippen LogP contribution is 2.42. The Balaban J connectivity index is 1.95. The molecular formula is C42H48N2O14S. The number of ether oxygens (including phenoxy) is 8. The molecule has 316 valence electrons. The van der Waals surface area contributed by atoms with E-state index in [1.807, 2.05) is 0 Å². The summed E-state index contributed by atoms with van der Waals surface area (Å²) < 4.78 is 75.9. The standard InChI is InChI=1S/C42H48N2O14S/c1-51-31-19-35(53-3)33(36(20-31)54-4)13-15-39(27-9-7-11-29(17-27)57-25-43-23-41(45)46)59(49,50)40(28-10-8-12-30(18-28)58-26-44-24-42(47)48)16-14-34-37(55-5)21-32(52-2)22-38(34)56-6/h7-22,39-40,43-44H,23-26H2,1-6H3,(H,45,46)(H,47,48)/b15-13+,16-14+. The summed E-state index contributed by atoms with van der Waals surface area (Å²) in [5, 5.41) is 20.6. The van der Waals surface area contributed by atoms with Gasteiger partial charge in [-0.1, -0.05) is 36.4 Å². The molecule has 0 aromatic heterocycles. The van der Waals surface area contributed by atoms with E-state index in [0.717, 1.165) is 0 Å². The van der Waals surface area contributed by atoms with E-state index in [9.17, 15) is 9.59 Å². The molecule has 2 atom stereocenters. The maximum absolute atomic E-state index is 15.5. The molecule has 0 saturated heterocycles. The monoisotopic (exact) mass is 836 g/mol. The molecule has 2 unspecified atom stereocenters. The number of benzene rings is 4. The van der Waals surface area contributed by atoms with Crippen molar-refractivity contribution in [1.82, 2.24) is 10.6 Å². The van der Waals surface area contributed by atoms with E-state index in [0.29, 0.717) is 56.8 Å². The van der Waals surface area contributed by atoms with Crippen LogP contribution in [0.25, 0.3) is 12.2 Å². The van der Waals surface area contributed by atoms with Gasteiger partial charge in [0.05, 0.1) is 66.9 Å². The molecule has 0 amide bonds. The smallest absolute Gasteiger partial charge is 0.317 e. The minimum absolute atomic E-state index is 0.158. The topological polar surface area (TPSA) is 207 Å². The van der Waals surface area contributed by atoms with Crippen LogP contribution < -0.4 is 48.5 Å². The van der Waals surface area contributed by atoms with Gasteiger partial charge >= 0.3 is 11.9 Å². The average molecular weight is 837 g/mol. The molecule has 4 aromatic carbocycles. The molecule has 0 aliphatic heterocycles. The van der Waals surface area contributed by atoms with Gasteiger partial charge in [-0.2, -0.15) is 0 Å². The Morgan fingerprint density at radius 3 is 1.22 bits per heavy atom. The van der Waals surface area contributed by atoms with Crippen molar-refractivity contribution in [2.75, 3.05) is 69.2 Å². The lowest BCUT2D eigenvalue weighted by Crippen LogP contribution is -2.26. The van der Waals surface area contributed by atoms with Gasteiger partial charge in [0.1, 0.15) is 70.0 Å². The molecule has 4 N–H and O–H groups in total. The van der Waals surface area contributed by atoms with E-state index < -0.39 is 32.3 Å². The fraction of sp³-hybridized carbons (Fsp3) is 0.286. The molecule has 0 heterocycles. The van der Waals surface area contributed by atoms with E-state index in [1.165, 1.54) is 54.8 Å². The van der Waals surface area contributed by atoms with Gasteiger partial charge in [-0.15, -0.1) is 0 Å². The van der Waals surface area contributed by atoms with Crippen molar-refractivity contribution >= 4 is 33.9 Å². The van der Waals surface area contributed by atoms with Crippen molar-refractivity contribution in [2.45, 2.75) is 10.5 Å². The van der Waals surface area contributed by atoms with Crippen molar-refractivity contribution in [3.63, 3.8) is 0 Å². The average Bonchev–Trinajstić information content (AvgIpc) is 3.23. The summed E-state index contributed by atoms with van der Waals surface area (Å²) in [4.78, 5) is 22.1. The summed E-state index contributed by atoms with van der Waals surface area (Å²) in [5.74, 6) is 0.732. The Kier molecular flexibility index (Phi) is 16.8. The van der Waals surface area contributed by atoms with Crippen LogP contribution >= 0.6 is 0 Å². The van der Waals surface area contributed by atoms with Crippen molar-refractivity contribution in [2.24, 2.45) is 0 Å². The van der Waals surface area contributed by atoms with Gasteiger partial charge < -0.3 is 48.1 Å². The molecule has 0 aliphatic carbocycles. The zero-order valence-corrected chi connectivity index (χ0v) is 34.2. The number of rotatable bonds is 24. The van der Waals surface area contributed by atoms with Crippen LogP contribution in [0.5, 0.6) is 46.0 Å². The van der Waals surface area contributed by atoms with Gasteiger partial charge in [-0.25, -0.2) is 8.42 Å². The van der Waals surface area contributed by atoms with E-state index in [-0.39, 0.29) is 38.1 Å². The van der Waals surface area contributed by atoms with Crippen LogP contribution in [0.4, 0.5) is 0 Å². The van der Waals surface area contributed by atoms with Crippen LogP contribution in [0, 0.1) is 0 Å². The maximum atomic E-state index is 15.5. The van der Waals surface area contributed by atoms with Crippen molar-refractivity contribution in [3.8, 4) is 46.0 Å². The fourth-order valence-electron chi connectivity index (χ4n) is 5.89. The lowest BCUT2D eigenvalue weighted by atomic mass is 10.1. The molecule has 17 heteroatoms. The lowest BCUT2D eigenvalue weighted by Gasteiger charge is -2.23. The number of nitrogens with one attached hydrogen (secondary N) is 2. The lowest BCUT2D eigenvalue weighted by molar-refractivity contribution is -0.137. The van der Waals surface area contributed by atoms with Gasteiger partial charge in [0.15, 0.2) is 9.84 Å². The largest absolute Gasteiger partial charge is 0.496 e. The Morgan fingerprint density at radius 1 is 0.559 bits per heavy atom. The summed E-state index contributed by atoms with van der Waals surface area (Å²) in [6, 6.07) is 19.4. The summed E-state index contributed by atoms with van der Waals surface area (Å²) in [7, 11) is 4.45. The molecule has 0 saturated carbocycles. The molecule has 0 bridgehead atoms. The van der Waals surface area contributed by atoms with Crippen LogP contribution in [0.15, 0.2) is 84.9 Å². The minimum atomic E-state index is -4.40.